The average Bonchev–Trinajstić information content (AvgIpc) is 2.83. The molecule has 0 spiro atoms. The van der Waals surface area contributed by atoms with Crippen molar-refractivity contribution in [3.8, 4) is 11.6 Å². The van der Waals surface area contributed by atoms with Gasteiger partial charge in [0.25, 0.3) is 0 Å². The third-order valence-corrected chi connectivity index (χ3v) is 2.02. The molecular formula is C10H10N2O4. The summed E-state index contributed by atoms with van der Waals surface area (Å²) in [5, 5.41) is 3.74. The molecule has 16 heavy (non-hydrogen) atoms. The third-order valence-electron chi connectivity index (χ3n) is 2.02. The molecule has 0 atom stereocenters. The molecule has 0 radical (unpaired) electrons. The molecule has 0 N–H and O–H groups in total. The summed E-state index contributed by atoms with van der Waals surface area (Å²) in [6.07, 6.45) is 0. The van der Waals surface area contributed by atoms with Gasteiger partial charge in [-0.15, -0.1) is 0 Å². The monoisotopic (exact) mass is 222 g/mol. The van der Waals surface area contributed by atoms with E-state index in [1.54, 1.807) is 19.9 Å². The van der Waals surface area contributed by atoms with Crippen molar-refractivity contribution in [2.45, 2.75) is 13.8 Å². The second kappa shape index (κ2) is 3.80. The minimum absolute atomic E-state index is 0.151. The Morgan fingerprint density at radius 3 is 2.75 bits per heavy atom. The number of nitrogens with zero attached hydrogens (tertiary/aromatic N) is 2. The van der Waals surface area contributed by atoms with Gasteiger partial charge in [0, 0.05) is 6.07 Å². The molecule has 0 aliphatic heterocycles. The van der Waals surface area contributed by atoms with Crippen LogP contribution in [0.2, 0.25) is 0 Å². The molecule has 0 saturated heterocycles. The number of methoxy groups -OCH3 is 1. The van der Waals surface area contributed by atoms with Crippen LogP contribution >= 0.6 is 0 Å². The molecule has 6 nitrogen and oxygen atoms in total. The van der Waals surface area contributed by atoms with Crippen LogP contribution in [0.3, 0.4) is 0 Å². The number of hydrogen-bond donors (Lipinski definition) is 0. The smallest absolute Gasteiger partial charge is 0.360 e. The zero-order valence-electron chi connectivity index (χ0n) is 9.10. The molecule has 0 aliphatic rings. The highest BCUT2D eigenvalue weighted by Crippen LogP contribution is 2.21. The molecule has 0 amide bonds. The Hall–Kier alpha value is -2.11. The Kier molecular flexibility index (Phi) is 2.47. The lowest BCUT2D eigenvalue weighted by Crippen LogP contribution is -2.03. The summed E-state index contributed by atoms with van der Waals surface area (Å²) >= 11 is 0. The lowest BCUT2D eigenvalue weighted by Gasteiger charge is -1.91. The molecule has 0 unspecified atom stereocenters. The first-order valence-electron chi connectivity index (χ1n) is 4.61. The molecule has 0 saturated carbocycles. The number of carbonyl (C=O) groups is 1. The predicted octanol–water partition coefficient (Wildman–Crippen LogP) is 1.73. The number of oxazole rings is 1. The van der Waals surface area contributed by atoms with Crippen LogP contribution in [0.4, 0.5) is 0 Å². The molecule has 2 aromatic heterocycles. The van der Waals surface area contributed by atoms with E-state index in [-0.39, 0.29) is 11.6 Å². The molecule has 2 heterocycles. The minimum Gasteiger partial charge on any atom is -0.464 e. The van der Waals surface area contributed by atoms with Crippen molar-refractivity contribution < 1.29 is 18.5 Å². The molecule has 0 aromatic carbocycles. The molecule has 6 heteroatoms. The van der Waals surface area contributed by atoms with Gasteiger partial charge in [0.2, 0.25) is 5.89 Å². The number of aryl methyl sites for hydroxylation is 2. The number of esters is 1. The number of carbonyl (C=O) groups excluding carboxylic acids is 1. The molecular weight excluding hydrogens is 212 g/mol. The summed E-state index contributed by atoms with van der Waals surface area (Å²) in [5.41, 5.74) is 0.605. The van der Waals surface area contributed by atoms with Crippen molar-refractivity contribution in [3.05, 3.63) is 23.3 Å². The van der Waals surface area contributed by atoms with Gasteiger partial charge >= 0.3 is 5.97 Å². The normalized spacial score (nSPS) is 10.4. The molecule has 2 aromatic rings. The fraction of sp³-hybridized carbons (Fsp3) is 0.300. The van der Waals surface area contributed by atoms with E-state index in [1.807, 2.05) is 0 Å². The minimum atomic E-state index is -0.535. The molecule has 84 valence electrons. The average molecular weight is 222 g/mol. The zero-order valence-corrected chi connectivity index (χ0v) is 9.10. The molecule has 0 fully saturated rings. The van der Waals surface area contributed by atoms with Crippen LogP contribution in [0, 0.1) is 13.8 Å². The fourth-order valence-electron chi connectivity index (χ4n) is 1.26. The van der Waals surface area contributed by atoms with Gasteiger partial charge in [-0.05, 0) is 13.8 Å². The van der Waals surface area contributed by atoms with Crippen LogP contribution in [-0.4, -0.2) is 23.2 Å². The van der Waals surface area contributed by atoms with E-state index in [4.69, 9.17) is 8.94 Å². The van der Waals surface area contributed by atoms with E-state index in [0.717, 1.165) is 0 Å². The van der Waals surface area contributed by atoms with Crippen molar-refractivity contribution in [2.75, 3.05) is 7.11 Å². The summed E-state index contributed by atoms with van der Waals surface area (Å²) in [7, 11) is 1.29. The van der Waals surface area contributed by atoms with Gasteiger partial charge in [-0.2, -0.15) is 0 Å². The predicted molar refractivity (Wildman–Crippen MR) is 52.8 cm³/mol. The second-order valence-electron chi connectivity index (χ2n) is 3.24. The van der Waals surface area contributed by atoms with E-state index in [0.29, 0.717) is 17.2 Å². The van der Waals surface area contributed by atoms with Crippen molar-refractivity contribution >= 4 is 5.97 Å². The Balaban J connectivity index is 2.41. The highest BCUT2D eigenvalue weighted by molar-refractivity contribution is 5.88. The van der Waals surface area contributed by atoms with Crippen LogP contribution in [0.1, 0.15) is 22.0 Å². The number of rotatable bonds is 2. The van der Waals surface area contributed by atoms with E-state index >= 15 is 0 Å². The van der Waals surface area contributed by atoms with Gasteiger partial charge in [-0.1, -0.05) is 5.16 Å². The van der Waals surface area contributed by atoms with Crippen molar-refractivity contribution in [3.63, 3.8) is 0 Å². The maximum Gasteiger partial charge on any atom is 0.360 e. The van der Waals surface area contributed by atoms with Crippen LogP contribution in [0.5, 0.6) is 0 Å². The lowest BCUT2D eigenvalue weighted by atomic mass is 10.3. The van der Waals surface area contributed by atoms with E-state index in [2.05, 4.69) is 14.9 Å². The Morgan fingerprint density at radius 2 is 2.19 bits per heavy atom. The summed E-state index contributed by atoms with van der Waals surface area (Å²) in [5.74, 6) is 0.746. The van der Waals surface area contributed by atoms with Crippen LogP contribution < -0.4 is 0 Å². The number of hydrogen-bond acceptors (Lipinski definition) is 6. The van der Waals surface area contributed by atoms with Gasteiger partial charge < -0.3 is 13.7 Å². The quantitative estimate of drug-likeness (QED) is 0.720. The lowest BCUT2D eigenvalue weighted by molar-refractivity contribution is 0.0593. The van der Waals surface area contributed by atoms with Gasteiger partial charge in [-0.25, -0.2) is 9.78 Å². The van der Waals surface area contributed by atoms with E-state index < -0.39 is 5.97 Å². The van der Waals surface area contributed by atoms with Crippen LogP contribution in [0.25, 0.3) is 11.6 Å². The fourth-order valence-corrected chi connectivity index (χ4v) is 1.26. The Morgan fingerprint density at radius 1 is 1.44 bits per heavy atom. The molecule has 2 rings (SSSR count). The second-order valence-corrected chi connectivity index (χ2v) is 3.24. The van der Waals surface area contributed by atoms with Gasteiger partial charge in [0.1, 0.15) is 11.5 Å². The maximum absolute atomic E-state index is 11.3. The summed E-state index contributed by atoms with van der Waals surface area (Å²) in [6.45, 7) is 3.39. The van der Waals surface area contributed by atoms with Crippen LogP contribution in [0.15, 0.2) is 15.0 Å². The first-order chi connectivity index (χ1) is 7.61. The zero-order chi connectivity index (χ0) is 11.7. The third kappa shape index (κ3) is 1.69. The SMILES string of the molecule is COC(=O)c1nc(-c2cc(C)on2)oc1C. The highest BCUT2D eigenvalue weighted by Gasteiger charge is 2.20. The van der Waals surface area contributed by atoms with E-state index in [9.17, 15) is 4.79 Å². The standard InChI is InChI=1S/C10H10N2O4/c1-5-4-7(12-16-5)9-11-8(6(2)15-9)10(13)14-3/h4H,1-3H3. The van der Waals surface area contributed by atoms with Gasteiger partial charge in [0.05, 0.1) is 7.11 Å². The Bertz CT molecular complexity index is 527. The van der Waals surface area contributed by atoms with Crippen molar-refractivity contribution in [1.82, 2.24) is 10.1 Å². The van der Waals surface area contributed by atoms with Crippen LogP contribution in [-0.2, 0) is 4.74 Å². The topological polar surface area (TPSA) is 78.4 Å². The summed E-state index contributed by atoms with van der Waals surface area (Å²) in [6, 6.07) is 1.67. The van der Waals surface area contributed by atoms with Crippen molar-refractivity contribution in [2.24, 2.45) is 0 Å². The van der Waals surface area contributed by atoms with E-state index in [1.165, 1.54) is 7.11 Å². The summed E-state index contributed by atoms with van der Waals surface area (Å²) in [4.78, 5) is 15.3. The van der Waals surface area contributed by atoms with Gasteiger partial charge in [-0.3, -0.25) is 0 Å². The molecule has 0 bridgehead atoms. The maximum atomic E-state index is 11.3. The number of ether oxygens (including phenoxy) is 1. The first-order valence-corrected chi connectivity index (χ1v) is 4.61. The van der Waals surface area contributed by atoms with Gasteiger partial charge in [0.15, 0.2) is 11.4 Å². The highest BCUT2D eigenvalue weighted by atomic mass is 16.5. The largest absolute Gasteiger partial charge is 0.464 e. The summed E-state index contributed by atoms with van der Waals surface area (Å²) < 4.78 is 14.8. The Labute approximate surface area is 91.2 Å². The molecule has 0 aliphatic carbocycles. The number of aromatic nitrogens is 2. The first kappa shape index (κ1) is 10.4. The van der Waals surface area contributed by atoms with Crippen molar-refractivity contribution in [1.29, 1.82) is 0 Å².